The first-order valence-electron chi connectivity index (χ1n) is 6.20. The van der Waals surface area contributed by atoms with Crippen LogP contribution in [0.2, 0.25) is 0 Å². The van der Waals surface area contributed by atoms with Crippen molar-refractivity contribution in [1.82, 2.24) is 0 Å². The van der Waals surface area contributed by atoms with Crippen molar-refractivity contribution in [2.24, 2.45) is 0 Å². The maximum atomic E-state index is 12.5. The Hall–Kier alpha value is -0.440. The average molecular weight is 303 g/mol. The summed E-state index contributed by atoms with van der Waals surface area (Å²) in [5.74, 6) is 0.637. The van der Waals surface area contributed by atoms with E-state index in [1.807, 2.05) is 24.3 Å². The zero-order chi connectivity index (χ0) is 12.3. The fraction of sp³-hybridized carbons (Fsp3) is 0.571. The minimum absolute atomic E-state index is 0.637. The first-order valence-corrected chi connectivity index (χ1v) is 7.12. The molecule has 0 N–H and O–H groups in total. The predicted molar refractivity (Wildman–Crippen MR) is 69.9 cm³/mol. The standard InChI is InChI=1S/C14H17BrF2/c15-13(14(16)17)12-8-6-11(7-9-12)10-4-2-1-3-5-10/h6-10,13-14H,1-5H2. The molecule has 1 aromatic rings. The molecule has 94 valence electrons. The fourth-order valence-corrected chi connectivity index (χ4v) is 2.84. The first-order chi connectivity index (χ1) is 8.18. The highest BCUT2D eigenvalue weighted by Gasteiger charge is 2.20. The van der Waals surface area contributed by atoms with E-state index in [1.54, 1.807) is 0 Å². The Kier molecular flexibility index (Phi) is 4.55. The van der Waals surface area contributed by atoms with Gasteiger partial charge in [-0.05, 0) is 29.9 Å². The Morgan fingerprint density at radius 2 is 1.59 bits per heavy atom. The van der Waals surface area contributed by atoms with Gasteiger partial charge in [-0.25, -0.2) is 8.78 Å². The summed E-state index contributed by atoms with van der Waals surface area (Å²) in [6, 6.07) is 7.69. The third kappa shape index (κ3) is 3.27. The average Bonchev–Trinajstić information content (AvgIpc) is 2.39. The van der Waals surface area contributed by atoms with E-state index in [2.05, 4.69) is 15.9 Å². The molecule has 1 atom stereocenters. The number of hydrogen-bond donors (Lipinski definition) is 0. The van der Waals surface area contributed by atoms with E-state index in [9.17, 15) is 8.78 Å². The molecule has 17 heavy (non-hydrogen) atoms. The summed E-state index contributed by atoms with van der Waals surface area (Å²) in [7, 11) is 0. The maximum absolute atomic E-state index is 12.5. The second-order valence-electron chi connectivity index (χ2n) is 4.74. The molecule has 0 amide bonds. The van der Waals surface area contributed by atoms with Gasteiger partial charge in [-0.2, -0.15) is 0 Å². The molecule has 0 bridgehead atoms. The van der Waals surface area contributed by atoms with E-state index < -0.39 is 11.3 Å². The summed E-state index contributed by atoms with van der Waals surface area (Å²) in [6.45, 7) is 0. The lowest BCUT2D eigenvalue weighted by atomic mass is 9.84. The van der Waals surface area contributed by atoms with Crippen molar-refractivity contribution >= 4 is 15.9 Å². The van der Waals surface area contributed by atoms with Crippen molar-refractivity contribution in [3.63, 3.8) is 0 Å². The quantitative estimate of drug-likeness (QED) is 0.653. The molecule has 0 spiro atoms. The normalized spacial score (nSPS) is 19.5. The zero-order valence-corrected chi connectivity index (χ0v) is 11.3. The van der Waals surface area contributed by atoms with E-state index in [4.69, 9.17) is 0 Å². The summed E-state index contributed by atoms with van der Waals surface area (Å²) >= 11 is 3.02. The van der Waals surface area contributed by atoms with Crippen molar-refractivity contribution in [3.05, 3.63) is 35.4 Å². The van der Waals surface area contributed by atoms with Gasteiger partial charge in [0.1, 0.15) is 4.83 Å². The highest BCUT2D eigenvalue weighted by Crippen LogP contribution is 2.34. The molecule has 0 aromatic heterocycles. The summed E-state index contributed by atoms with van der Waals surface area (Å²) in [5.41, 5.74) is 1.97. The van der Waals surface area contributed by atoms with Crippen LogP contribution in [0, 0.1) is 0 Å². The van der Waals surface area contributed by atoms with Crippen LogP contribution in [0.15, 0.2) is 24.3 Å². The van der Waals surface area contributed by atoms with Crippen molar-refractivity contribution in [2.75, 3.05) is 0 Å². The van der Waals surface area contributed by atoms with E-state index in [0.29, 0.717) is 11.5 Å². The molecule has 1 saturated carbocycles. The van der Waals surface area contributed by atoms with Gasteiger partial charge in [0.25, 0.3) is 6.43 Å². The molecule has 1 aliphatic rings. The number of hydrogen-bond acceptors (Lipinski definition) is 0. The Morgan fingerprint density at radius 3 is 2.12 bits per heavy atom. The summed E-state index contributed by atoms with van der Waals surface area (Å²) in [4.78, 5) is -0.845. The number of alkyl halides is 3. The third-order valence-electron chi connectivity index (χ3n) is 3.55. The van der Waals surface area contributed by atoms with Crippen LogP contribution in [-0.4, -0.2) is 6.43 Å². The minimum Gasteiger partial charge on any atom is -0.209 e. The van der Waals surface area contributed by atoms with Crippen molar-refractivity contribution in [3.8, 4) is 0 Å². The van der Waals surface area contributed by atoms with Crippen LogP contribution in [0.25, 0.3) is 0 Å². The third-order valence-corrected chi connectivity index (χ3v) is 4.48. The summed E-state index contributed by atoms with van der Waals surface area (Å²) in [5, 5.41) is 0. The van der Waals surface area contributed by atoms with E-state index in [-0.39, 0.29) is 0 Å². The van der Waals surface area contributed by atoms with Crippen LogP contribution < -0.4 is 0 Å². The molecule has 0 nitrogen and oxygen atoms in total. The van der Waals surface area contributed by atoms with Crippen molar-refractivity contribution in [2.45, 2.75) is 49.3 Å². The van der Waals surface area contributed by atoms with Crippen molar-refractivity contribution in [1.29, 1.82) is 0 Å². The molecule has 0 saturated heterocycles. The van der Waals surface area contributed by atoms with Crippen LogP contribution in [0.3, 0.4) is 0 Å². The van der Waals surface area contributed by atoms with Crippen LogP contribution in [0.5, 0.6) is 0 Å². The molecule has 1 unspecified atom stereocenters. The molecular weight excluding hydrogens is 286 g/mol. The van der Waals surface area contributed by atoms with Gasteiger partial charge in [0.2, 0.25) is 0 Å². The second-order valence-corrected chi connectivity index (χ2v) is 5.72. The predicted octanol–water partition coefficient (Wildman–Crippen LogP) is 5.44. The molecule has 0 heterocycles. The van der Waals surface area contributed by atoms with Gasteiger partial charge in [-0.3, -0.25) is 0 Å². The van der Waals surface area contributed by atoms with Gasteiger partial charge >= 0.3 is 0 Å². The van der Waals surface area contributed by atoms with E-state index in [0.717, 1.165) is 0 Å². The Bertz CT molecular complexity index is 342. The Balaban J connectivity index is 2.06. The first kappa shape index (κ1) is 13.0. The van der Waals surface area contributed by atoms with Gasteiger partial charge in [0.05, 0.1) is 0 Å². The number of halogens is 3. The lowest BCUT2D eigenvalue weighted by Crippen LogP contribution is -2.05. The SMILES string of the molecule is FC(F)C(Br)c1ccc(C2CCCCC2)cc1. The van der Waals surface area contributed by atoms with Crippen molar-refractivity contribution < 1.29 is 8.78 Å². The van der Waals surface area contributed by atoms with Crippen LogP contribution in [0.1, 0.15) is 54.0 Å². The van der Waals surface area contributed by atoms with Crippen LogP contribution in [-0.2, 0) is 0 Å². The molecule has 0 aliphatic heterocycles. The smallest absolute Gasteiger partial charge is 0.209 e. The topological polar surface area (TPSA) is 0 Å². The fourth-order valence-electron chi connectivity index (χ4n) is 2.53. The van der Waals surface area contributed by atoms with Gasteiger partial charge < -0.3 is 0 Å². The Morgan fingerprint density at radius 1 is 1.00 bits per heavy atom. The minimum atomic E-state index is -2.35. The van der Waals surface area contributed by atoms with Crippen LogP contribution in [0.4, 0.5) is 8.78 Å². The second kappa shape index (κ2) is 5.94. The highest BCUT2D eigenvalue weighted by molar-refractivity contribution is 9.09. The zero-order valence-electron chi connectivity index (χ0n) is 9.71. The lowest BCUT2D eigenvalue weighted by molar-refractivity contribution is 0.147. The molecule has 1 fully saturated rings. The number of rotatable bonds is 3. The molecule has 1 aliphatic carbocycles. The molecule has 2 rings (SSSR count). The van der Waals surface area contributed by atoms with Gasteiger partial charge in [0, 0.05) is 0 Å². The van der Waals surface area contributed by atoms with E-state index >= 15 is 0 Å². The van der Waals surface area contributed by atoms with Crippen LogP contribution >= 0.6 is 15.9 Å². The molecule has 3 heteroatoms. The molecular formula is C14H17BrF2. The Labute approximate surface area is 110 Å². The maximum Gasteiger partial charge on any atom is 0.255 e. The lowest BCUT2D eigenvalue weighted by Gasteiger charge is -2.22. The largest absolute Gasteiger partial charge is 0.255 e. The monoisotopic (exact) mass is 302 g/mol. The van der Waals surface area contributed by atoms with E-state index in [1.165, 1.54) is 37.7 Å². The van der Waals surface area contributed by atoms with Gasteiger partial charge in [0.15, 0.2) is 0 Å². The summed E-state index contributed by atoms with van der Waals surface area (Å²) < 4.78 is 25.0. The molecule has 1 aromatic carbocycles. The van der Waals surface area contributed by atoms with Gasteiger partial charge in [-0.15, -0.1) is 0 Å². The number of benzene rings is 1. The summed E-state index contributed by atoms with van der Waals surface area (Å²) in [6.07, 6.45) is 4.06. The molecule has 0 radical (unpaired) electrons. The highest BCUT2D eigenvalue weighted by atomic mass is 79.9. The van der Waals surface area contributed by atoms with Gasteiger partial charge in [-0.1, -0.05) is 59.5 Å².